The van der Waals surface area contributed by atoms with Gasteiger partial charge in [-0.1, -0.05) is 30.3 Å². The second kappa shape index (κ2) is 6.86. The molecule has 3 N–H and O–H groups in total. The van der Waals surface area contributed by atoms with E-state index in [0.717, 1.165) is 22.2 Å². The van der Waals surface area contributed by atoms with E-state index in [-0.39, 0.29) is 0 Å². The lowest BCUT2D eigenvalue weighted by atomic mass is 9.76. The molecule has 0 radical (unpaired) electrons. The second-order valence-corrected chi connectivity index (χ2v) is 7.76. The van der Waals surface area contributed by atoms with E-state index >= 15 is 0 Å². The summed E-state index contributed by atoms with van der Waals surface area (Å²) in [5.74, 6) is 0. The minimum atomic E-state index is -1.14. The number of hydrogen-bond acceptors (Lipinski definition) is 4. The molecular formula is C21H23BN2O3. The molecule has 6 heteroatoms. The van der Waals surface area contributed by atoms with Gasteiger partial charge >= 0.3 is 7.12 Å². The van der Waals surface area contributed by atoms with Gasteiger partial charge in [-0.25, -0.2) is 0 Å². The van der Waals surface area contributed by atoms with Gasteiger partial charge in [0.1, 0.15) is 0 Å². The van der Waals surface area contributed by atoms with Gasteiger partial charge in [0.25, 0.3) is 0 Å². The Labute approximate surface area is 159 Å². The van der Waals surface area contributed by atoms with Gasteiger partial charge in [-0.05, 0) is 56.9 Å². The summed E-state index contributed by atoms with van der Waals surface area (Å²) in [5, 5.41) is 30.6. The number of nitrogens with zero attached hydrogens (tertiary/aromatic N) is 1. The number of fused-ring (bicyclic) bond motifs is 1. The Bertz CT molecular complexity index is 995. The lowest BCUT2D eigenvalue weighted by Gasteiger charge is -2.38. The highest BCUT2D eigenvalue weighted by atomic mass is 16.5. The number of benzene rings is 2. The zero-order valence-corrected chi connectivity index (χ0v) is 15.9. The van der Waals surface area contributed by atoms with Gasteiger partial charge in [0.05, 0.1) is 22.8 Å². The highest BCUT2D eigenvalue weighted by molar-refractivity contribution is 6.60. The van der Waals surface area contributed by atoms with Gasteiger partial charge in [-0.2, -0.15) is 5.26 Å². The Morgan fingerprint density at radius 1 is 1.04 bits per heavy atom. The summed E-state index contributed by atoms with van der Waals surface area (Å²) >= 11 is 0. The fourth-order valence-corrected chi connectivity index (χ4v) is 2.67. The fourth-order valence-electron chi connectivity index (χ4n) is 2.67. The van der Waals surface area contributed by atoms with Crippen LogP contribution in [0.3, 0.4) is 0 Å². The summed E-state index contributed by atoms with van der Waals surface area (Å²) in [6, 6.07) is 17.1. The highest BCUT2D eigenvalue weighted by Crippen LogP contribution is 2.26. The van der Waals surface area contributed by atoms with Crippen molar-refractivity contribution < 1.29 is 14.8 Å². The van der Waals surface area contributed by atoms with E-state index in [1.54, 1.807) is 45.9 Å². The summed E-state index contributed by atoms with van der Waals surface area (Å²) < 4.78 is 5.67. The van der Waals surface area contributed by atoms with Crippen molar-refractivity contribution in [3.8, 4) is 17.3 Å². The van der Waals surface area contributed by atoms with Crippen molar-refractivity contribution in [1.82, 2.24) is 4.98 Å². The molecule has 0 aliphatic rings. The second-order valence-electron chi connectivity index (χ2n) is 7.76. The first-order valence-corrected chi connectivity index (χ1v) is 8.82. The Morgan fingerprint density at radius 2 is 1.70 bits per heavy atom. The lowest BCUT2D eigenvalue weighted by molar-refractivity contribution is -0.0982. The first-order chi connectivity index (χ1) is 12.6. The smallest absolute Gasteiger partial charge is 0.423 e. The van der Waals surface area contributed by atoms with E-state index in [4.69, 9.17) is 9.92 Å². The number of nitriles is 1. The summed E-state index contributed by atoms with van der Waals surface area (Å²) in [7, 11) is -1.14. The molecule has 5 nitrogen and oxygen atoms in total. The maximum absolute atomic E-state index is 10.4. The normalized spacial score (nSPS) is 12.2. The number of hydrogen-bond donors (Lipinski definition) is 3. The maximum atomic E-state index is 10.4. The SMILES string of the molecule is CC(C)(O)C(C)(C)OB(O)c1ccc(-c2cc3ccc(C#N)cc3[nH]2)cc1. The van der Waals surface area contributed by atoms with Crippen molar-refractivity contribution in [3.05, 3.63) is 54.1 Å². The topological polar surface area (TPSA) is 89.3 Å². The fraction of sp³-hybridized carbons (Fsp3) is 0.286. The molecule has 3 rings (SSSR count). The van der Waals surface area contributed by atoms with Crippen LogP contribution in [0.15, 0.2) is 48.5 Å². The average Bonchev–Trinajstić information content (AvgIpc) is 3.03. The van der Waals surface area contributed by atoms with Crippen molar-refractivity contribution in [2.75, 3.05) is 0 Å². The highest BCUT2D eigenvalue weighted by Gasteiger charge is 2.39. The van der Waals surface area contributed by atoms with Crippen LogP contribution in [0.4, 0.5) is 0 Å². The first-order valence-electron chi connectivity index (χ1n) is 8.82. The third-order valence-electron chi connectivity index (χ3n) is 5.14. The molecule has 0 aliphatic carbocycles. The van der Waals surface area contributed by atoms with Crippen LogP contribution >= 0.6 is 0 Å². The van der Waals surface area contributed by atoms with E-state index in [0.29, 0.717) is 11.0 Å². The third kappa shape index (κ3) is 3.91. The molecule has 0 spiro atoms. The Kier molecular flexibility index (Phi) is 4.87. The summed E-state index contributed by atoms with van der Waals surface area (Å²) in [6.45, 7) is 6.78. The first kappa shape index (κ1) is 19.2. The zero-order valence-electron chi connectivity index (χ0n) is 15.9. The Hall–Kier alpha value is -2.59. The van der Waals surface area contributed by atoms with E-state index in [1.165, 1.54) is 0 Å². The van der Waals surface area contributed by atoms with Gasteiger partial charge in [-0.3, -0.25) is 0 Å². The van der Waals surface area contributed by atoms with Crippen molar-refractivity contribution >= 4 is 23.5 Å². The van der Waals surface area contributed by atoms with Crippen LogP contribution in [-0.4, -0.2) is 33.4 Å². The van der Waals surface area contributed by atoms with Gasteiger partial charge in [0.15, 0.2) is 0 Å². The van der Waals surface area contributed by atoms with Crippen LogP contribution in [0.2, 0.25) is 0 Å². The molecule has 138 valence electrons. The number of nitrogens with one attached hydrogen (secondary N) is 1. The molecule has 0 saturated carbocycles. The molecule has 0 unspecified atom stereocenters. The molecule has 0 aliphatic heterocycles. The molecule has 1 aromatic heterocycles. The van der Waals surface area contributed by atoms with E-state index in [9.17, 15) is 10.1 Å². The number of rotatable bonds is 5. The number of aromatic nitrogens is 1. The summed E-state index contributed by atoms with van der Waals surface area (Å²) in [4.78, 5) is 3.32. The Morgan fingerprint density at radius 3 is 2.30 bits per heavy atom. The van der Waals surface area contributed by atoms with Gasteiger partial charge in [-0.15, -0.1) is 0 Å². The molecule has 27 heavy (non-hydrogen) atoms. The van der Waals surface area contributed by atoms with Crippen LogP contribution in [0, 0.1) is 11.3 Å². The number of aliphatic hydroxyl groups is 1. The molecule has 0 amide bonds. The molecule has 3 aromatic rings. The van der Waals surface area contributed by atoms with Crippen molar-refractivity contribution in [1.29, 1.82) is 5.26 Å². The quantitative estimate of drug-likeness (QED) is 0.609. The molecule has 0 fully saturated rings. The van der Waals surface area contributed by atoms with Crippen molar-refractivity contribution in [2.45, 2.75) is 38.9 Å². The molecular weight excluding hydrogens is 339 g/mol. The lowest BCUT2D eigenvalue weighted by Crippen LogP contribution is -2.53. The molecule has 0 atom stereocenters. The minimum Gasteiger partial charge on any atom is -0.423 e. The Balaban J connectivity index is 1.82. The molecule has 0 bridgehead atoms. The monoisotopic (exact) mass is 362 g/mol. The van der Waals surface area contributed by atoms with E-state index < -0.39 is 18.3 Å². The standard InChI is InChI=1S/C21H23BN2O3/c1-20(2,25)21(3,4)27-22(26)17-9-7-15(8-10-17)19-12-16-6-5-14(13-23)11-18(16)24-19/h5-12,24-26H,1-4H3. The molecule has 2 aromatic carbocycles. The zero-order chi connectivity index (χ0) is 19.8. The van der Waals surface area contributed by atoms with Crippen LogP contribution < -0.4 is 5.46 Å². The average molecular weight is 362 g/mol. The number of aromatic amines is 1. The van der Waals surface area contributed by atoms with E-state index in [2.05, 4.69) is 11.1 Å². The minimum absolute atomic E-state index is 0.610. The predicted molar refractivity (Wildman–Crippen MR) is 108 cm³/mol. The van der Waals surface area contributed by atoms with Crippen molar-refractivity contribution in [2.24, 2.45) is 0 Å². The van der Waals surface area contributed by atoms with Crippen molar-refractivity contribution in [3.63, 3.8) is 0 Å². The van der Waals surface area contributed by atoms with Gasteiger partial charge in [0, 0.05) is 16.6 Å². The van der Waals surface area contributed by atoms with Crippen LogP contribution in [0.1, 0.15) is 33.3 Å². The van der Waals surface area contributed by atoms with Gasteiger partial charge < -0.3 is 19.8 Å². The number of H-pyrrole nitrogens is 1. The molecule has 1 heterocycles. The van der Waals surface area contributed by atoms with E-state index in [1.807, 2.05) is 30.3 Å². The van der Waals surface area contributed by atoms with Crippen LogP contribution in [-0.2, 0) is 4.65 Å². The predicted octanol–water partition coefficient (Wildman–Crippen LogP) is 2.96. The maximum Gasteiger partial charge on any atom is 0.491 e. The largest absolute Gasteiger partial charge is 0.491 e. The van der Waals surface area contributed by atoms with Crippen LogP contribution in [0.25, 0.3) is 22.2 Å². The van der Waals surface area contributed by atoms with Crippen LogP contribution in [0.5, 0.6) is 0 Å². The molecule has 0 saturated heterocycles. The summed E-state index contributed by atoms with van der Waals surface area (Å²) in [6.07, 6.45) is 0. The summed E-state index contributed by atoms with van der Waals surface area (Å²) in [5.41, 5.74) is 2.01. The van der Waals surface area contributed by atoms with Gasteiger partial charge in [0.2, 0.25) is 0 Å². The third-order valence-corrected chi connectivity index (χ3v) is 5.14.